The molecule has 8 nitrogen and oxygen atoms in total. The highest BCUT2D eigenvalue weighted by Crippen LogP contribution is 2.64. The van der Waals surface area contributed by atoms with Gasteiger partial charge in [-0.1, -0.05) is 0 Å². The standard InChI is InChI=1S/C22H22F3N3O5/c1-10(2)32-19(31)27-14-8-20(3)15-16(21(14,4)33-20)18(30)28(17(15)29)12-6-5-11(9-26)13(7-12)22(23,24)25/h5-7,10,14,29-30H,8H2,1-4H3,(H,27,31)/t14-,20-,21+/m0/s1. The number of hydrogen-bond acceptors (Lipinski definition) is 6. The number of carbonyl (C=O) groups excluding carboxylic acids is 1. The second-order valence-corrected chi connectivity index (χ2v) is 8.87. The number of amides is 1. The molecule has 2 aliphatic rings. The largest absolute Gasteiger partial charge is 0.494 e. The number of nitrogens with one attached hydrogen (secondary N) is 1. The fourth-order valence-corrected chi connectivity index (χ4v) is 4.89. The fraction of sp³-hybridized carbons (Fsp3) is 0.455. The van der Waals surface area contributed by atoms with Crippen LogP contribution in [0.25, 0.3) is 5.69 Å². The Morgan fingerprint density at radius 2 is 1.94 bits per heavy atom. The van der Waals surface area contributed by atoms with E-state index < -0.39 is 52.4 Å². The Balaban J connectivity index is 1.82. The van der Waals surface area contributed by atoms with Crippen molar-refractivity contribution in [3.63, 3.8) is 0 Å². The number of hydrogen-bond donors (Lipinski definition) is 3. The number of fused-ring (bicyclic) bond motifs is 5. The van der Waals surface area contributed by atoms with Gasteiger partial charge in [0.05, 0.1) is 51.8 Å². The average Bonchev–Trinajstić information content (AvgIpc) is 3.21. The van der Waals surface area contributed by atoms with E-state index in [0.29, 0.717) is 6.07 Å². The maximum absolute atomic E-state index is 13.5. The molecule has 0 unspecified atom stereocenters. The van der Waals surface area contributed by atoms with Crippen molar-refractivity contribution < 1.29 is 37.7 Å². The summed E-state index contributed by atoms with van der Waals surface area (Å²) in [6, 6.07) is 3.73. The van der Waals surface area contributed by atoms with Crippen LogP contribution >= 0.6 is 0 Å². The van der Waals surface area contributed by atoms with Crippen LogP contribution in [0.4, 0.5) is 18.0 Å². The van der Waals surface area contributed by atoms with E-state index in [1.165, 1.54) is 12.1 Å². The van der Waals surface area contributed by atoms with Crippen LogP contribution in [0, 0.1) is 11.3 Å². The smallest absolute Gasteiger partial charge is 0.417 e. The fourth-order valence-electron chi connectivity index (χ4n) is 4.89. The summed E-state index contributed by atoms with van der Waals surface area (Å²) in [5.74, 6) is -0.995. The average molecular weight is 465 g/mol. The first-order valence-electron chi connectivity index (χ1n) is 10.2. The molecule has 0 spiro atoms. The van der Waals surface area contributed by atoms with Gasteiger partial charge >= 0.3 is 12.3 Å². The predicted molar refractivity (Wildman–Crippen MR) is 108 cm³/mol. The Labute approximate surface area is 187 Å². The Hall–Kier alpha value is -3.39. The summed E-state index contributed by atoms with van der Waals surface area (Å²) in [5.41, 5.74) is -3.94. The van der Waals surface area contributed by atoms with Gasteiger partial charge in [-0.15, -0.1) is 0 Å². The minimum absolute atomic E-state index is 0.168. The molecule has 3 N–H and O–H groups in total. The number of rotatable bonds is 3. The van der Waals surface area contributed by atoms with Crippen molar-refractivity contribution in [2.75, 3.05) is 0 Å². The number of alkyl halides is 3. The van der Waals surface area contributed by atoms with Crippen LogP contribution in [0.15, 0.2) is 18.2 Å². The number of aromatic nitrogens is 1. The van der Waals surface area contributed by atoms with Crippen molar-refractivity contribution in [3.8, 4) is 23.5 Å². The molecule has 2 aromatic rings. The molecule has 0 saturated carbocycles. The van der Waals surface area contributed by atoms with E-state index >= 15 is 0 Å². The zero-order chi connectivity index (χ0) is 24.5. The molecule has 3 atom stereocenters. The van der Waals surface area contributed by atoms with Gasteiger partial charge in [-0.2, -0.15) is 18.4 Å². The Morgan fingerprint density at radius 3 is 2.52 bits per heavy atom. The lowest BCUT2D eigenvalue weighted by atomic mass is 9.76. The third-order valence-electron chi connectivity index (χ3n) is 6.16. The minimum Gasteiger partial charge on any atom is -0.494 e. The summed E-state index contributed by atoms with van der Waals surface area (Å²) in [7, 11) is 0. The first kappa shape index (κ1) is 22.8. The normalized spacial score (nSPS) is 25.7. The molecule has 1 amide bonds. The molecule has 3 heterocycles. The van der Waals surface area contributed by atoms with Gasteiger partial charge in [0.1, 0.15) is 5.60 Å². The summed E-state index contributed by atoms with van der Waals surface area (Å²) in [6.45, 7) is 6.66. The zero-order valence-electron chi connectivity index (χ0n) is 18.2. The van der Waals surface area contributed by atoms with Crippen LogP contribution in [-0.4, -0.2) is 33.0 Å². The number of halogens is 3. The van der Waals surface area contributed by atoms with Gasteiger partial charge in [-0.25, -0.2) is 4.79 Å². The van der Waals surface area contributed by atoms with E-state index in [0.717, 1.165) is 10.6 Å². The van der Waals surface area contributed by atoms with Gasteiger partial charge in [0.15, 0.2) is 0 Å². The highest BCUT2D eigenvalue weighted by molar-refractivity contribution is 5.70. The molecule has 0 radical (unpaired) electrons. The van der Waals surface area contributed by atoms with Gasteiger partial charge in [0.2, 0.25) is 11.8 Å². The number of ether oxygens (including phenoxy) is 2. The lowest BCUT2D eigenvalue weighted by molar-refractivity contribution is -0.137. The van der Waals surface area contributed by atoms with Crippen LogP contribution in [-0.2, 0) is 26.9 Å². The van der Waals surface area contributed by atoms with E-state index in [9.17, 15) is 28.2 Å². The van der Waals surface area contributed by atoms with E-state index in [1.54, 1.807) is 27.7 Å². The lowest BCUT2D eigenvalue weighted by Crippen LogP contribution is -2.47. The second kappa shape index (κ2) is 7.05. The van der Waals surface area contributed by atoms with Gasteiger partial charge in [0, 0.05) is 6.42 Å². The number of alkyl carbamates (subject to hydrolysis) is 1. The summed E-state index contributed by atoms with van der Waals surface area (Å²) < 4.78 is 52.5. The lowest BCUT2D eigenvalue weighted by Gasteiger charge is -2.30. The van der Waals surface area contributed by atoms with Crippen molar-refractivity contribution in [3.05, 3.63) is 40.5 Å². The molecule has 2 aliphatic heterocycles. The van der Waals surface area contributed by atoms with Crippen LogP contribution < -0.4 is 5.32 Å². The zero-order valence-corrected chi connectivity index (χ0v) is 18.2. The van der Waals surface area contributed by atoms with Crippen LogP contribution in [0.5, 0.6) is 11.8 Å². The Bertz CT molecular complexity index is 1200. The number of benzene rings is 1. The number of carbonyl (C=O) groups is 1. The van der Waals surface area contributed by atoms with E-state index in [4.69, 9.17) is 14.7 Å². The van der Waals surface area contributed by atoms with Gasteiger partial charge in [-0.05, 0) is 45.9 Å². The van der Waals surface area contributed by atoms with E-state index in [1.807, 2.05) is 0 Å². The Morgan fingerprint density at radius 1 is 1.30 bits per heavy atom. The van der Waals surface area contributed by atoms with Crippen molar-refractivity contribution in [1.82, 2.24) is 9.88 Å². The van der Waals surface area contributed by atoms with Crippen molar-refractivity contribution in [2.45, 2.75) is 63.6 Å². The molecule has 1 saturated heterocycles. The second-order valence-electron chi connectivity index (χ2n) is 8.87. The van der Waals surface area contributed by atoms with Crippen LogP contribution in [0.3, 0.4) is 0 Å². The Kier molecular flexibility index (Phi) is 4.87. The number of nitriles is 1. The molecule has 176 valence electrons. The molecule has 11 heteroatoms. The molecule has 1 fully saturated rings. The third kappa shape index (κ3) is 3.28. The summed E-state index contributed by atoms with van der Waals surface area (Å²) in [5, 5.41) is 33.7. The van der Waals surface area contributed by atoms with Gasteiger partial charge in [0.25, 0.3) is 0 Å². The molecular formula is C22H22F3N3O5. The highest BCUT2D eigenvalue weighted by Gasteiger charge is 2.65. The highest BCUT2D eigenvalue weighted by atomic mass is 19.4. The molecule has 4 rings (SSSR count). The van der Waals surface area contributed by atoms with E-state index in [-0.39, 0.29) is 29.3 Å². The van der Waals surface area contributed by atoms with Crippen molar-refractivity contribution in [1.29, 1.82) is 5.26 Å². The SMILES string of the molecule is CC(C)OC(=O)N[C@H]1C[C@]2(C)O[C@@]1(C)c1c2c(O)n(-c2ccc(C#N)c(C(F)(F)F)c2)c1O. The summed E-state index contributed by atoms with van der Waals surface area (Å²) in [4.78, 5) is 12.2. The molecule has 33 heavy (non-hydrogen) atoms. The number of aromatic hydroxyl groups is 2. The predicted octanol–water partition coefficient (Wildman–Crippen LogP) is 4.15. The maximum atomic E-state index is 13.5. The third-order valence-corrected chi connectivity index (χ3v) is 6.16. The van der Waals surface area contributed by atoms with Crippen molar-refractivity contribution >= 4 is 6.09 Å². The van der Waals surface area contributed by atoms with Gasteiger partial charge < -0.3 is 25.0 Å². The first-order valence-corrected chi connectivity index (χ1v) is 10.2. The quantitative estimate of drug-likeness (QED) is 0.627. The number of nitrogens with zero attached hydrogens (tertiary/aromatic N) is 2. The topological polar surface area (TPSA) is 117 Å². The molecule has 1 aromatic heterocycles. The molecule has 0 aliphatic carbocycles. The summed E-state index contributed by atoms with van der Waals surface area (Å²) >= 11 is 0. The van der Waals surface area contributed by atoms with Crippen LogP contribution in [0.1, 0.15) is 56.4 Å². The van der Waals surface area contributed by atoms with Crippen LogP contribution in [0.2, 0.25) is 0 Å². The minimum atomic E-state index is -4.81. The van der Waals surface area contributed by atoms with Crippen molar-refractivity contribution in [2.24, 2.45) is 0 Å². The van der Waals surface area contributed by atoms with Gasteiger partial charge in [-0.3, -0.25) is 4.57 Å². The first-order chi connectivity index (χ1) is 15.2. The molecule has 1 aromatic carbocycles. The molecular weight excluding hydrogens is 443 g/mol. The monoisotopic (exact) mass is 465 g/mol. The molecule has 2 bridgehead atoms. The van der Waals surface area contributed by atoms with E-state index in [2.05, 4.69) is 5.32 Å². The maximum Gasteiger partial charge on any atom is 0.417 e. The summed E-state index contributed by atoms with van der Waals surface area (Å²) in [6.07, 6.45) is -5.61.